The molecule has 194 valence electrons. The Morgan fingerprint density at radius 3 is 2.51 bits per heavy atom. The van der Waals surface area contributed by atoms with Crippen LogP contribution in [-0.2, 0) is 16.2 Å². The number of non-ortho nitro benzene ring substituents is 1. The van der Waals surface area contributed by atoms with Crippen LogP contribution < -0.4 is 10.1 Å². The minimum atomic E-state index is -0.546. The number of carbonyl (C=O) groups is 3. The van der Waals surface area contributed by atoms with Gasteiger partial charge in [-0.05, 0) is 64.7 Å². The molecule has 0 atom stereocenters. The third-order valence-corrected chi connectivity index (χ3v) is 6.85. The quantitative estimate of drug-likeness (QED) is 0.166. The Labute approximate surface area is 227 Å². The van der Waals surface area contributed by atoms with Crippen molar-refractivity contribution in [3.63, 3.8) is 0 Å². The molecule has 0 aromatic heterocycles. The van der Waals surface area contributed by atoms with Gasteiger partial charge in [0.1, 0.15) is 18.9 Å². The Morgan fingerprint density at radius 1 is 0.974 bits per heavy atom. The molecule has 1 aliphatic heterocycles. The van der Waals surface area contributed by atoms with Gasteiger partial charge in [-0.3, -0.25) is 29.4 Å². The largest absolute Gasteiger partial charge is 0.489 e. The van der Waals surface area contributed by atoms with E-state index in [4.69, 9.17) is 4.74 Å². The number of rotatable bonds is 8. The van der Waals surface area contributed by atoms with Crippen molar-refractivity contribution in [3.05, 3.63) is 117 Å². The number of nitro groups is 1. The van der Waals surface area contributed by atoms with Crippen molar-refractivity contribution in [2.45, 2.75) is 6.61 Å². The highest BCUT2D eigenvalue weighted by atomic mass is 32.2. The van der Waals surface area contributed by atoms with E-state index in [9.17, 15) is 24.5 Å². The summed E-state index contributed by atoms with van der Waals surface area (Å²) in [5.41, 5.74) is 2.00. The van der Waals surface area contributed by atoms with E-state index in [1.807, 2.05) is 36.4 Å². The maximum atomic E-state index is 12.9. The molecule has 0 bridgehead atoms. The number of nitrogens with zero attached hydrogens (tertiary/aromatic N) is 2. The second-order valence-corrected chi connectivity index (χ2v) is 9.62. The number of imide groups is 1. The summed E-state index contributed by atoms with van der Waals surface area (Å²) in [5, 5.41) is 14.9. The first kappa shape index (κ1) is 25.7. The first-order valence-electron chi connectivity index (χ1n) is 11.9. The SMILES string of the molecule is O=C(CN1C(=O)S/C(=C/c2cccc(OCc3ccc([N+](=O)[O-])cc3)c2)C1=O)Nc1cccc2ccccc12. The summed E-state index contributed by atoms with van der Waals surface area (Å²) in [4.78, 5) is 49.7. The van der Waals surface area contributed by atoms with Crippen molar-refractivity contribution in [1.82, 2.24) is 4.90 Å². The van der Waals surface area contributed by atoms with Crippen LogP contribution in [0.4, 0.5) is 16.2 Å². The zero-order chi connectivity index (χ0) is 27.4. The Balaban J connectivity index is 1.23. The van der Waals surface area contributed by atoms with Crippen LogP contribution >= 0.6 is 11.8 Å². The minimum absolute atomic E-state index is 0.000681. The van der Waals surface area contributed by atoms with Crippen LogP contribution in [0.2, 0.25) is 0 Å². The summed E-state index contributed by atoms with van der Waals surface area (Å²) in [7, 11) is 0. The molecule has 3 amide bonds. The molecule has 39 heavy (non-hydrogen) atoms. The smallest absolute Gasteiger partial charge is 0.294 e. The zero-order valence-electron chi connectivity index (χ0n) is 20.4. The highest BCUT2D eigenvalue weighted by molar-refractivity contribution is 8.18. The molecule has 5 rings (SSSR count). The zero-order valence-corrected chi connectivity index (χ0v) is 21.2. The number of nitro benzene ring substituents is 1. The Kier molecular flexibility index (Phi) is 7.37. The topological polar surface area (TPSA) is 119 Å². The Bertz CT molecular complexity index is 1630. The fourth-order valence-corrected chi connectivity index (χ4v) is 4.87. The molecular formula is C29H21N3O6S. The van der Waals surface area contributed by atoms with E-state index >= 15 is 0 Å². The van der Waals surface area contributed by atoms with Crippen LogP contribution in [0, 0.1) is 10.1 Å². The van der Waals surface area contributed by atoms with Crippen molar-refractivity contribution in [2.75, 3.05) is 11.9 Å². The summed E-state index contributed by atoms with van der Waals surface area (Å²) in [6, 6.07) is 26.1. The Hall–Kier alpha value is -4.96. The van der Waals surface area contributed by atoms with Gasteiger partial charge in [-0.2, -0.15) is 0 Å². The highest BCUT2D eigenvalue weighted by Crippen LogP contribution is 2.33. The average Bonchev–Trinajstić information content (AvgIpc) is 3.19. The molecule has 0 spiro atoms. The normalized spacial score (nSPS) is 14.2. The molecule has 4 aromatic rings. The second kappa shape index (κ2) is 11.2. The summed E-state index contributed by atoms with van der Waals surface area (Å²) >= 11 is 0.770. The van der Waals surface area contributed by atoms with Gasteiger partial charge in [0.25, 0.3) is 16.8 Å². The van der Waals surface area contributed by atoms with Crippen LogP contribution in [0.1, 0.15) is 11.1 Å². The van der Waals surface area contributed by atoms with E-state index in [0.717, 1.165) is 33.0 Å². The number of carbonyl (C=O) groups excluding carboxylic acids is 3. The van der Waals surface area contributed by atoms with Gasteiger partial charge < -0.3 is 10.1 Å². The molecule has 1 saturated heterocycles. The predicted octanol–water partition coefficient (Wildman–Crippen LogP) is 6.00. The van der Waals surface area contributed by atoms with Crippen LogP contribution in [0.25, 0.3) is 16.8 Å². The van der Waals surface area contributed by atoms with Crippen molar-refractivity contribution in [2.24, 2.45) is 0 Å². The Morgan fingerprint density at radius 2 is 1.72 bits per heavy atom. The molecular weight excluding hydrogens is 518 g/mol. The summed E-state index contributed by atoms with van der Waals surface area (Å²) < 4.78 is 5.79. The number of hydrogen-bond acceptors (Lipinski definition) is 7. The van der Waals surface area contributed by atoms with Crippen molar-refractivity contribution >= 4 is 57.0 Å². The van der Waals surface area contributed by atoms with Gasteiger partial charge in [-0.25, -0.2) is 0 Å². The molecule has 0 saturated carbocycles. The maximum Gasteiger partial charge on any atom is 0.294 e. The van der Waals surface area contributed by atoms with Crippen LogP contribution in [0.3, 0.4) is 0 Å². The van der Waals surface area contributed by atoms with Crippen molar-refractivity contribution < 1.29 is 24.0 Å². The summed E-state index contributed by atoms with van der Waals surface area (Å²) in [6.07, 6.45) is 1.58. The maximum absolute atomic E-state index is 12.9. The molecule has 1 N–H and O–H groups in total. The molecule has 0 unspecified atom stereocenters. The molecule has 4 aromatic carbocycles. The number of benzene rings is 4. The van der Waals surface area contributed by atoms with Crippen molar-refractivity contribution in [3.8, 4) is 5.75 Å². The second-order valence-electron chi connectivity index (χ2n) is 8.63. The molecule has 0 radical (unpaired) electrons. The predicted molar refractivity (Wildman–Crippen MR) is 149 cm³/mol. The first-order chi connectivity index (χ1) is 18.9. The lowest BCUT2D eigenvalue weighted by Crippen LogP contribution is -2.36. The number of ether oxygens (including phenoxy) is 1. The lowest BCUT2D eigenvalue weighted by molar-refractivity contribution is -0.384. The van der Waals surface area contributed by atoms with Gasteiger partial charge in [0, 0.05) is 23.2 Å². The van der Waals surface area contributed by atoms with Gasteiger partial charge in [0.2, 0.25) is 5.91 Å². The lowest BCUT2D eigenvalue weighted by Gasteiger charge is -2.13. The van der Waals surface area contributed by atoms with E-state index in [2.05, 4.69) is 5.32 Å². The first-order valence-corrected chi connectivity index (χ1v) is 12.7. The molecule has 1 heterocycles. The van der Waals surface area contributed by atoms with Gasteiger partial charge in [-0.1, -0.05) is 48.5 Å². The van der Waals surface area contributed by atoms with E-state index < -0.39 is 28.5 Å². The third-order valence-electron chi connectivity index (χ3n) is 5.95. The fourth-order valence-electron chi connectivity index (χ4n) is 4.03. The molecule has 10 heteroatoms. The number of amides is 3. The molecule has 9 nitrogen and oxygen atoms in total. The average molecular weight is 540 g/mol. The van der Waals surface area contributed by atoms with E-state index in [1.165, 1.54) is 12.1 Å². The van der Waals surface area contributed by atoms with Gasteiger partial charge in [0.15, 0.2) is 0 Å². The molecule has 0 aliphatic carbocycles. The van der Waals surface area contributed by atoms with Crippen LogP contribution in [0.15, 0.2) is 95.9 Å². The monoisotopic (exact) mass is 539 g/mol. The highest BCUT2D eigenvalue weighted by Gasteiger charge is 2.36. The van der Waals surface area contributed by atoms with Crippen LogP contribution in [0.5, 0.6) is 5.75 Å². The molecule has 1 aliphatic rings. The van der Waals surface area contributed by atoms with E-state index in [0.29, 0.717) is 17.0 Å². The number of fused-ring (bicyclic) bond motifs is 1. The fraction of sp³-hybridized carbons (Fsp3) is 0.0690. The summed E-state index contributed by atoms with van der Waals surface area (Å²) in [6.45, 7) is -0.201. The van der Waals surface area contributed by atoms with E-state index in [1.54, 1.807) is 48.5 Å². The summed E-state index contributed by atoms with van der Waals surface area (Å²) in [5.74, 6) is -0.498. The van der Waals surface area contributed by atoms with Crippen LogP contribution in [-0.4, -0.2) is 33.4 Å². The van der Waals surface area contributed by atoms with Gasteiger partial charge in [-0.15, -0.1) is 0 Å². The number of thioether (sulfide) groups is 1. The minimum Gasteiger partial charge on any atom is -0.489 e. The van der Waals surface area contributed by atoms with Gasteiger partial charge >= 0.3 is 0 Å². The molecule has 1 fully saturated rings. The number of anilines is 1. The number of nitrogens with one attached hydrogen (secondary N) is 1. The number of hydrogen-bond donors (Lipinski definition) is 1. The standard InChI is InChI=1S/C29H21N3O6S/c33-27(30-25-10-4-7-21-6-1-2-9-24(21)25)17-31-28(34)26(39-29(31)35)16-20-5-3-8-23(15-20)38-18-19-11-13-22(14-12-19)32(36)37/h1-16H,17-18H2,(H,30,33)/b26-16+. The lowest BCUT2D eigenvalue weighted by atomic mass is 10.1. The van der Waals surface area contributed by atoms with Crippen molar-refractivity contribution in [1.29, 1.82) is 0 Å². The third kappa shape index (κ3) is 5.97. The van der Waals surface area contributed by atoms with Gasteiger partial charge in [0.05, 0.1) is 9.83 Å². The van der Waals surface area contributed by atoms with E-state index in [-0.39, 0.29) is 17.2 Å².